The first-order chi connectivity index (χ1) is 12.7. The van der Waals surface area contributed by atoms with Crippen molar-refractivity contribution in [3.8, 4) is 11.1 Å². The second kappa shape index (κ2) is 6.39. The van der Waals surface area contributed by atoms with Crippen molar-refractivity contribution >= 4 is 5.57 Å². The monoisotopic (exact) mass is 398 g/mol. The van der Waals surface area contributed by atoms with Crippen LogP contribution in [0, 0.1) is 5.41 Å². The second-order valence-corrected chi connectivity index (χ2v) is 8.16. The van der Waals surface area contributed by atoms with Gasteiger partial charge >= 0.3 is 12.4 Å². The number of hydrogen-bond donors (Lipinski definition) is 0. The fraction of sp³-hybridized carbons (Fsp3) is 0.364. The van der Waals surface area contributed by atoms with Gasteiger partial charge < -0.3 is 0 Å². The van der Waals surface area contributed by atoms with Gasteiger partial charge in [-0.15, -0.1) is 0 Å². The Kier molecular flexibility index (Phi) is 4.68. The van der Waals surface area contributed by atoms with Crippen LogP contribution in [0.3, 0.4) is 0 Å². The zero-order valence-corrected chi connectivity index (χ0v) is 15.9. The van der Waals surface area contributed by atoms with E-state index in [1.807, 2.05) is 33.8 Å². The summed E-state index contributed by atoms with van der Waals surface area (Å²) in [4.78, 5) is 0. The minimum absolute atomic E-state index is 0.0755. The van der Waals surface area contributed by atoms with E-state index in [4.69, 9.17) is 0 Å². The first-order valence-electron chi connectivity index (χ1n) is 8.82. The molecule has 150 valence electrons. The van der Waals surface area contributed by atoms with Crippen LogP contribution < -0.4 is 0 Å². The Morgan fingerprint density at radius 3 is 1.79 bits per heavy atom. The smallest absolute Gasteiger partial charge is 0.166 e. The zero-order valence-electron chi connectivity index (χ0n) is 15.9. The summed E-state index contributed by atoms with van der Waals surface area (Å²) < 4.78 is 79.5. The van der Waals surface area contributed by atoms with Crippen LogP contribution in [0.5, 0.6) is 0 Å². The average Bonchev–Trinajstić information content (AvgIpc) is 2.90. The molecule has 0 spiro atoms. The van der Waals surface area contributed by atoms with E-state index in [1.54, 1.807) is 12.1 Å². The predicted octanol–water partition coefficient (Wildman–Crippen LogP) is 7.77. The maximum atomic E-state index is 13.2. The molecule has 0 fully saturated rings. The summed E-state index contributed by atoms with van der Waals surface area (Å²) >= 11 is 0. The van der Waals surface area contributed by atoms with Crippen molar-refractivity contribution < 1.29 is 26.3 Å². The van der Waals surface area contributed by atoms with E-state index in [-0.39, 0.29) is 17.0 Å². The summed E-state index contributed by atoms with van der Waals surface area (Å²) in [5, 5.41) is 0. The summed E-state index contributed by atoms with van der Waals surface area (Å²) in [7, 11) is 0. The largest absolute Gasteiger partial charge is 0.416 e. The number of rotatable bonds is 1. The van der Waals surface area contributed by atoms with Crippen LogP contribution in [0.2, 0.25) is 0 Å². The summed E-state index contributed by atoms with van der Waals surface area (Å²) in [6, 6.07) is 6.90. The Morgan fingerprint density at radius 2 is 1.32 bits per heavy atom. The standard InChI is InChI=1S/C22H20F6/c1-12-18(20(2,3)4)10-13-6-5-7-17(19(12)13)14-8-15(21(23,24)25)11-16(9-14)22(26,27)28/h5-9,11H,10H2,1-4H3. The maximum Gasteiger partial charge on any atom is 0.416 e. The topological polar surface area (TPSA) is 0 Å². The molecule has 1 aliphatic carbocycles. The molecular weight excluding hydrogens is 378 g/mol. The molecule has 0 aromatic heterocycles. The maximum absolute atomic E-state index is 13.2. The van der Waals surface area contributed by atoms with E-state index >= 15 is 0 Å². The van der Waals surface area contributed by atoms with Crippen molar-refractivity contribution in [2.45, 2.75) is 46.5 Å². The number of halogens is 6. The minimum atomic E-state index is -4.87. The quantitative estimate of drug-likeness (QED) is 0.431. The number of fused-ring (bicyclic) bond motifs is 1. The molecule has 0 saturated carbocycles. The summed E-state index contributed by atoms with van der Waals surface area (Å²) in [6.07, 6.45) is -9.09. The zero-order chi connectivity index (χ0) is 21.1. The molecule has 2 aromatic carbocycles. The molecule has 0 radical (unpaired) electrons. The lowest BCUT2D eigenvalue weighted by Crippen LogP contribution is -2.11. The van der Waals surface area contributed by atoms with Gasteiger partial charge in [-0.3, -0.25) is 0 Å². The van der Waals surface area contributed by atoms with E-state index in [9.17, 15) is 26.3 Å². The van der Waals surface area contributed by atoms with Crippen LogP contribution in [0.4, 0.5) is 26.3 Å². The first-order valence-corrected chi connectivity index (χ1v) is 8.82. The molecule has 0 heterocycles. The first kappa shape index (κ1) is 20.5. The molecule has 3 rings (SSSR count). The number of allylic oxidation sites excluding steroid dienone is 2. The molecule has 0 bridgehead atoms. The lowest BCUT2D eigenvalue weighted by molar-refractivity contribution is -0.143. The Bertz CT molecular complexity index is 920. The molecule has 0 saturated heterocycles. The van der Waals surface area contributed by atoms with Crippen LogP contribution in [0.15, 0.2) is 42.0 Å². The van der Waals surface area contributed by atoms with Crippen molar-refractivity contribution in [2.24, 2.45) is 5.41 Å². The molecule has 0 aliphatic heterocycles. The van der Waals surface area contributed by atoms with Gasteiger partial charge in [0.05, 0.1) is 11.1 Å². The molecule has 0 unspecified atom stereocenters. The van der Waals surface area contributed by atoms with Crippen molar-refractivity contribution in [3.05, 3.63) is 64.2 Å². The third-order valence-electron chi connectivity index (χ3n) is 5.15. The Labute approximate surface area is 159 Å². The van der Waals surface area contributed by atoms with Crippen molar-refractivity contribution in [3.63, 3.8) is 0 Å². The molecule has 0 amide bonds. The lowest BCUT2D eigenvalue weighted by Gasteiger charge is -2.22. The van der Waals surface area contributed by atoms with Gasteiger partial charge in [-0.25, -0.2) is 0 Å². The lowest BCUT2D eigenvalue weighted by atomic mass is 9.83. The minimum Gasteiger partial charge on any atom is -0.166 e. The van der Waals surface area contributed by atoms with Crippen LogP contribution >= 0.6 is 0 Å². The molecule has 1 aliphatic rings. The van der Waals surface area contributed by atoms with E-state index in [2.05, 4.69) is 0 Å². The van der Waals surface area contributed by atoms with Crippen LogP contribution in [-0.4, -0.2) is 0 Å². The van der Waals surface area contributed by atoms with Crippen molar-refractivity contribution in [1.29, 1.82) is 0 Å². The molecule has 0 atom stereocenters. The molecule has 0 nitrogen and oxygen atoms in total. The second-order valence-electron chi connectivity index (χ2n) is 8.16. The highest BCUT2D eigenvalue weighted by molar-refractivity contribution is 5.87. The molecule has 0 N–H and O–H groups in total. The van der Waals surface area contributed by atoms with Crippen LogP contribution in [-0.2, 0) is 18.8 Å². The highest BCUT2D eigenvalue weighted by Gasteiger charge is 2.37. The highest BCUT2D eigenvalue weighted by atomic mass is 19.4. The predicted molar refractivity (Wildman–Crippen MR) is 97.6 cm³/mol. The van der Waals surface area contributed by atoms with Crippen LogP contribution in [0.1, 0.15) is 49.9 Å². The van der Waals surface area contributed by atoms with Crippen molar-refractivity contribution in [1.82, 2.24) is 0 Å². The number of hydrogen-bond acceptors (Lipinski definition) is 0. The molecule has 6 heteroatoms. The van der Waals surface area contributed by atoms with Gasteiger partial charge in [0.15, 0.2) is 0 Å². The van der Waals surface area contributed by atoms with Gasteiger partial charge in [0.25, 0.3) is 0 Å². The molecule has 28 heavy (non-hydrogen) atoms. The fourth-order valence-electron chi connectivity index (χ4n) is 3.84. The van der Waals surface area contributed by atoms with Gasteiger partial charge in [-0.2, -0.15) is 26.3 Å². The van der Waals surface area contributed by atoms with Crippen molar-refractivity contribution in [2.75, 3.05) is 0 Å². The van der Waals surface area contributed by atoms with Gasteiger partial charge in [0, 0.05) is 0 Å². The normalized spacial score (nSPS) is 15.2. The third kappa shape index (κ3) is 3.69. The van der Waals surface area contributed by atoms with E-state index in [1.165, 1.54) is 0 Å². The van der Waals surface area contributed by atoms with E-state index < -0.39 is 23.5 Å². The number of alkyl halides is 6. The van der Waals surface area contributed by atoms with Gasteiger partial charge in [-0.05, 0) is 64.8 Å². The number of benzene rings is 2. The van der Waals surface area contributed by atoms with Gasteiger partial charge in [0.2, 0.25) is 0 Å². The molecular formula is C22H20F6. The Hall–Kier alpha value is -2.24. The summed E-state index contributed by atoms with van der Waals surface area (Å²) in [6.45, 7) is 8.02. The average molecular weight is 398 g/mol. The van der Waals surface area contributed by atoms with Crippen LogP contribution in [0.25, 0.3) is 16.7 Å². The Balaban J connectivity index is 2.28. The van der Waals surface area contributed by atoms with Gasteiger partial charge in [-0.1, -0.05) is 44.5 Å². The Morgan fingerprint density at radius 1 is 0.786 bits per heavy atom. The van der Waals surface area contributed by atoms with E-state index in [0.29, 0.717) is 12.0 Å². The third-order valence-corrected chi connectivity index (χ3v) is 5.15. The molecule has 2 aromatic rings. The van der Waals surface area contributed by atoms with Gasteiger partial charge in [0.1, 0.15) is 0 Å². The van der Waals surface area contributed by atoms with E-state index in [0.717, 1.165) is 34.4 Å². The fourth-order valence-corrected chi connectivity index (χ4v) is 3.84. The summed E-state index contributed by atoms with van der Waals surface area (Å²) in [5.74, 6) is 0. The highest BCUT2D eigenvalue weighted by Crippen LogP contribution is 2.46. The summed E-state index contributed by atoms with van der Waals surface area (Å²) in [5.41, 5.74) is 1.29. The SMILES string of the molecule is CC1=C(C(C)(C)C)Cc2cccc(-c3cc(C(F)(F)F)cc(C(F)(F)F)c3)c21.